The van der Waals surface area contributed by atoms with Crippen molar-refractivity contribution >= 4 is 18.1 Å². The molecule has 27 heavy (non-hydrogen) atoms. The first-order valence-electron chi connectivity index (χ1n) is 8.32. The van der Waals surface area contributed by atoms with Crippen LogP contribution >= 0.6 is 0 Å². The van der Waals surface area contributed by atoms with E-state index in [1.165, 1.54) is 17.7 Å². The van der Waals surface area contributed by atoms with Gasteiger partial charge >= 0.3 is 5.97 Å². The Bertz CT molecular complexity index is 1210. The number of benzene rings is 2. The molecule has 0 radical (unpaired) electrons. The van der Waals surface area contributed by atoms with Crippen LogP contribution in [0.4, 0.5) is 0 Å². The van der Waals surface area contributed by atoms with Gasteiger partial charge in [-0.1, -0.05) is 60.7 Å². The van der Waals surface area contributed by atoms with Crippen LogP contribution in [-0.2, 0) is 18.4 Å². The molecule has 6 heteroatoms. The van der Waals surface area contributed by atoms with Crippen molar-refractivity contribution in [3.05, 3.63) is 103 Å². The van der Waals surface area contributed by atoms with Crippen LogP contribution in [0.5, 0.6) is 0 Å². The maximum atomic E-state index is 13.0. The monoisotopic (exact) mass is 362 g/mol. The SMILES string of the molecule is Cn1c(=O)c(=Cc2ccccc2)n(CC(=O)O)c(=O)c1=Cc1ccccc1. The lowest BCUT2D eigenvalue weighted by atomic mass is 10.2. The minimum Gasteiger partial charge on any atom is -0.480 e. The maximum Gasteiger partial charge on any atom is 0.323 e. The van der Waals surface area contributed by atoms with Gasteiger partial charge in [0.05, 0.1) is 0 Å². The van der Waals surface area contributed by atoms with E-state index in [9.17, 15) is 19.5 Å². The van der Waals surface area contributed by atoms with Crippen LogP contribution in [0.2, 0.25) is 0 Å². The van der Waals surface area contributed by atoms with Crippen LogP contribution in [0.3, 0.4) is 0 Å². The first-order chi connectivity index (χ1) is 13.0. The average Bonchev–Trinajstić information content (AvgIpc) is 2.67. The van der Waals surface area contributed by atoms with E-state index < -0.39 is 23.6 Å². The number of aromatic nitrogens is 2. The van der Waals surface area contributed by atoms with Crippen LogP contribution < -0.4 is 21.8 Å². The van der Waals surface area contributed by atoms with Crippen molar-refractivity contribution in [1.82, 2.24) is 9.13 Å². The van der Waals surface area contributed by atoms with Gasteiger partial charge in [-0.3, -0.25) is 19.0 Å². The Morgan fingerprint density at radius 2 is 1.33 bits per heavy atom. The zero-order chi connectivity index (χ0) is 19.4. The zero-order valence-electron chi connectivity index (χ0n) is 14.7. The molecule has 0 aliphatic rings. The number of hydrogen-bond acceptors (Lipinski definition) is 3. The molecule has 0 bridgehead atoms. The molecule has 0 unspecified atom stereocenters. The second-order valence-electron chi connectivity index (χ2n) is 6.03. The molecule has 2 aromatic carbocycles. The molecule has 0 atom stereocenters. The fraction of sp³-hybridized carbons (Fsp3) is 0.0952. The summed E-state index contributed by atoms with van der Waals surface area (Å²) in [6.07, 6.45) is 3.10. The van der Waals surface area contributed by atoms with Crippen LogP contribution in [-0.4, -0.2) is 20.2 Å². The number of aliphatic carboxylic acids is 1. The molecule has 0 aliphatic carbocycles. The molecule has 1 heterocycles. The number of hydrogen-bond donors (Lipinski definition) is 1. The van der Waals surface area contributed by atoms with Gasteiger partial charge in [-0.25, -0.2) is 0 Å². The Morgan fingerprint density at radius 1 is 0.852 bits per heavy atom. The summed E-state index contributed by atoms with van der Waals surface area (Å²) < 4.78 is 2.26. The molecule has 0 spiro atoms. The lowest BCUT2D eigenvalue weighted by Gasteiger charge is -2.08. The molecule has 0 fully saturated rings. The Hall–Kier alpha value is -3.67. The Balaban J connectivity index is 2.39. The fourth-order valence-corrected chi connectivity index (χ4v) is 2.79. The van der Waals surface area contributed by atoms with Crippen LogP contribution in [0.25, 0.3) is 12.2 Å². The molecular weight excluding hydrogens is 344 g/mol. The van der Waals surface area contributed by atoms with E-state index in [0.717, 1.165) is 10.1 Å². The molecule has 0 saturated heterocycles. The van der Waals surface area contributed by atoms with Gasteiger partial charge in [-0.05, 0) is 23.3 Å². The van der Waals surface area contributed by atoms with Crippen molar-refractivity contribution in [2.45, 2.75) is 6.54 Å². The quantitative estimate of drug-likeness (QED) is 0.723. The van der Waals surface area contributed by atoms with Crippen LogP contribution in [0.1, 0.15) is 11.1 Å². The van der Waals surface area contributed by atoms with Crippen molar-refractivity contribution in [1.29, 1.82) is 0 Å². The smallest absolute Gasteiger partial charge is 0.323 e. The average molecular weight is 362 g/mol. The number of carbonyl (C=O) groups is 1. The highest BCUT2D eigenvalue weighted by atomic mass is 16.4. The largest absolute Gasteiger partial charge is 0.480 e. The van der Waals surface area contributed by atoms with Gasteiger partial charge in [0.25, 0.3) is 11.1 Å². The summed E-state index contributed by atoms with van der Waals surface area (Å²) in [6, 6.07) is 18.1. The zero-order valence-corrected chi connectivity index (χ0v) is 14.7. The second kappa shape index (κ2) is 7.70. The van der Waals surface area contributed by atoms with E-state index in [1.807, 2.05) is 24.3 Å². The molecule has 3 rings (SSSR count). The van der Waals surface area contributed by atoms with E-state index in [4.69, 9.17) is 0 Å². The van der Waals surface area contributed by atoms with Gasteiger partial charge in [0, 0.05) is 7.05 Å². The highest BCUT2D eigenvalue weighted by Gasteiger charge is 2.11. The third-order valence-electron chi connectivity index (χ3n) is 4.14. The van der Waals surface area contributed by atoms with Crippen molar-refractivity contribution in [2.75, 3.05) is 0 Å². The third-order valence-corrected chi connectivity index (χ3v) is 4.14. The Morgan fingerprint density at radius 3 is 1.81 bits per heavy atom. The maximum absolute atomic E-state index is 13.0. The third kappa shape index (κ3) is 3.95. The van der Waals surface area contributed by atoms with Crippen molar-refractivity contribution < 1.29 is 9.90 Å². The second-order valence-corrected chi connectivity index (χ2v) is 6.03. The summed E-state index contributed by atoms with van der Waals surface area (Å²) in [5.41, 5.74) is 0.464. The number of rotatable bonds is 4. The minimum absolute atomic E-state index is 0.0290. The van der Waals surface area contributed by atoms with Crippen molar-refractivity contribution in [3.63, 3.8) is 0 Å². The van der Waals surface area contributed by atoms with E-state index in [0.29, 0.717) is 5.56 Å². The van der Waals surface area contributed by atoms with Gasteiger partial charge in [-0.2, -0.15) is 0 Å². The molecule has 0 aliphatic heterocycles. The number of carboxylic acid groups (broad SMARTS) is 1. The number of carboxylic acids is 1. The minimum atomic E-state index is -1.20. The molecule has 1 N–H and O–H groups in total. The first kappa shape index (κ1) is 18.1. The van der Waals surface area contributed by atoms with E-state index in [-0.39, 0.29) is 10.7 Å². The van der Waals surface area contributed by atoms with Gasteiger partial charge in [0.2, 0.25) is 0 Å². The van der Waals surface area contributed by atoms with E-state index in [2.05, 4.69) is 0 Å². The van der Waals surface area contributed by atoms with E-state index >= 15 is 0 Å². The Kier molecular flexibility index (Phi) is 5.17. The summed E-state index contributed by atoms with van der Waals surface area (Å²) in [5.74, 6) is -1.20. The van der Waals surface area contributed by atoms with Crippen LogP contribution in [0, 0.1) is 0 Å². The van der Waals surface area contributed by atoms with E-state index in [1.54, 1.807) is 42.5 Å². The topological polar surface area (TPSA) is 81.3 Å². The molecular formula is C21H18N2O4. The highest BCUT2D eigenvalue weighted by molar-refractivity contribution is 5.66. The normalized spacial score (nSPS) is 12.3. The Labute approximate surface area is 154 Å². The predicted molar refractivity (Wildman–Crippen MR) is 103 cm³/mol. The molecule has 6 nitrogen and oxygen atoms in total. The lowest BCUT2D eigenvalue weighted by molar-refractivity contribution is -0.137. The molecule has 136 valence electrons. The summed E-state index contributed by atoms with van der Waals surface area (Å²) in [7, 11) is 1.51. The van der Waals surface area contributed by atoms with Gasteiger partial charge < -0.3 is 9.67 Å². The summed E-state index contributed by atoms with van der Waals surface area (Å²) >= 11 is 0. The van der Waals surface area contributed by atoms with Crippen molar-refractivity contribution in [2.24, 2.45) is 7.05 Å². The summed E-state index contributed by atoms with van der Waals surface area (Å²) in [4.78, 5) is 37.2. The molecule has 0 saturated carbocycles. The predicted octanol–water partition coefficient (Wildman–Crippen LogP) is 0.289. The fourth-order valence-electron chi connectivity index (χ4n) is 2.79. The molecule has 0 amide bonds. The van der Waals surface area contributed by atoms with Gasteiger partial charge in [0.15, 0.2) is 0 Å². The molecule has 1 aromatic heterocycles. The van der Waals surface area contributed by atoms with Gasteiger partial charge in [-0.15, -0.1) is 0 Å². The standard InChI is InChI=1S/C21H18N2O4/c1-22-17(12-15-8-4-2-5-9-15)21(27)23(14-19(24)25)18(20(22)26)13-16-10-6-3-7-11-16/h2-13H,14H2,1H3,(H,24,25). The van der Waals surface area contributed by atoms with Crippen molar-refractivity contribution in [3.8, 4) is 0 Å². The first-order valence-corrected chi connectivity index (χ1v) is 8.32. The highest BCUT2D eigenvalue weighted by Crippen LogP contribution is 1.98. The lowest BCUT2D eigenvalue weighted by Crippen LogP contribution is -2.58. The van der Waals surface area contributed by atoms with Gasteiger partial charge in [0.1, 0.15) is 17.2 Å². The summed E-state index contributed by atoms with van der Waals surface area (Å²) in [6.45, 7) is -0.594. The molecule has 3 aromatic rings. The number of nitrogens with zero attached hydrogens (tertiary/aromatic N) is 2. The summed E-state index contributed by atoms with van der Waals surface area (Å²) in [5, 5.41) is 9.38. The van der Waals surface area contributed by atoms with Crippen LogP contribution in [0.15, 0.2) is 70.3 Å².